The summed E-state index contributed by atoms with van der Waals surface area (Å²) in [5, 5.41) is 6.77. The van der Waals surface area contributed by atoms with Gasteiger partial charge in [0.25, 0.3) is 0 Å². The Morgan fingerprint density at radius 3 is 2.87 bits per heavy atom. The van der Waals surface area contributed by atoms with Gasteiger partial charge in [0.2, 0.25) is 0 Å². The molecule has 1 aromatic heterocycles. The van der Waals surface area contributed by atoms with Crippen molar-refractivity contribution >= 4 is 11.8 Å². The molecular formula is C17H27N5O. The zero-order valence-electron chi connectivity index (χ0n) is 14.2. The first-order valence-electron chi connectivity index (χ1n) is 8.44. The summed E-state index contributed by atoms with van der Waals surface area (Å²) in [6, 6.07) is 4.79. The molecule has 6 heteroatoms. The van der Waals surface area contributed by atoms with Crippen molar-refractivity contribution in [1.82, 2.24) is 15.6 Å². The van der Waals surface area contributed by atoms with Gasteiger partial charge in [-0.1, -0.05) is 13.0 Å². The first-order chi connectivity index (χ1) is 11.2. The van der Waals surface area contributed by atoms with Crippen molar-refractivity contribution in [3.63, 3.8) is 0 Å². The first kappa shape index (κ1) is 16.1. The third kappa shape index (κ3) is 4.34. The lowest BCUT2D eigenvalue weighted by Crippen LogP contribution is -2.41. The molecule has 0 aromatic carbocycles. The molecule has 126 valence electrons. The zero-order chi connectivity index (χ0) is 16.2. The highest BCUT2D eigenvalue weighted by Gasteiger charge is 2.33. The van der Waals surface area contributed by atoms with Crippen molar-refractivity contribution in [2.75, 3.05) is 31.6 Å². The van der Waals surface area contributed by atoms with Gasteiger partial charge in [-0.3, -0.25) is 4.99 Å². The predicted octanol–water partition coefficient (Wildman–Crippen LogP) is 1.38. The Kier molecular flexibility index (Phi) is 5.00. The average molecular weight is 317 g/mol. The Morgan fingerprint density at radius 2 is 2.26 bits per heavy atom. The van der Waals surface area contributed by atoms with Crippen LogP contribution in [0.15, 0.2) is 23.3 Å². The smallest absolute Gasteiger partial charge is 0.191 e. The number of aromatic nitrogens is 1. The van der Waals surface area contributed by atoms with Crippen LogP contribution >= 0.6 is 0 Å². The van der Waals surface area contributed by atoms with Crippen LogP contribution in [0.25, 0.3) is 0 Å². The summed E-state index contributed by atoms with van der Waals surface area (Å²) in [4.78, 5) is 11.1. The van der Waals surface area contributed by atoms with E-state index in [0.29, 0.717) is 6.04 Å². The van der Waals surface area contributed by atoms with E-state index < -0.39 is 0 Å². The average Bonchev–Trinajstić information content (AvgIpc) is 3.27. The van der Waals surface area contributed by atoms with E-state index in [2.05, 4.69) is 51.5 Å². The topological polar surface area (TPSA) is 61.8 Å². The molecule has 1 saturated heterocycles. The number of rotatable bonds is 4. The molecule has 3 unspecified atom stereocenters. The molecule has 1 saturated carbocycles. The van der Waals surface area contributed by atoms with Gasteiger partial charge in [-0.05, 0) is 30.9 Å². The van der Waals surface area contributed by atoms with E-state index in [0.717, 1.165) is 49.5 Å². The predicted molar refractivity (Wildman–Crippen MR) is 92.8 cm³/mol. The van der Waals surface area contributed by atoms with Gasteiger partial charge in [0.15, 0.2) is 5.96 Å². The molecule has 2 aliphatic rings. The molecule has 3 atom stereocenters. The van der Waals surface area contributed by atoms with Gasteiger partial charge in [-0.25, -0.2) is 4.98 Å². The largest absolute Gasteiger partial charge is 0.375 e. The molecule has 2 heterocycles. The molecule has 0 spiro atoms. The molecule has 0 bridgehead atoms. The Bertz CT molecular complexity index is 544. The molecule has 3 rings (SSSR count). The van der Waals surface area contributed by atoms with Gasteiger partial charge in [0.1, 0.15) is 5.82 Å². The van der Waals surface area contributed by atoms with Crippen molar-refractivity contribution in [2.24, 2.45) is 10.9 Å². The van der Waals surface area contributed by atoms with Crippen LogP contribution in [0.1, 0.15) is 25.8 Å². The third-order valence-corrected chi connectivity index (χ3v) is 4.49. The minimum atomic E-state index is 0.270. The number of nitrogens with zero attached hydrogens (tertiary/aromatic N) is 3. The quantitative estimate of drug-likeness (QED) is 0.649. The summed E-state index contributed by atoms with van der Waals surface area (Å²) >= 11 is 0. The fraction of sp³-hybridized carbons (Fsp3) is 0.647. The minimum Gasteiger partial charge on any atom is -0.375 e. The molecule has 1 aliphatic carbocycles. The van der Waals surface area contributed by atoms with Crippen molar-refractivity contribution in [2.45, 2.75) is 39.0 Å². The van der Waals surface area contributed by atoms with E-state index in [9.17, 15) is 0 Å². The third-order valence-electron chi connectivity index (χ3n) is 4.49. The summed E-state index contributed by atoms with van der Waals surface area (Å²) in [6.45, 7) is 7.66. The van der Waals surface area contributed by atoms with Crippen molar-refractivity contribution < 1.29 is 4.74 Å². The zero-order valence-corrected chi connectivity index (χ0v) is 14.2. The van der Waals surface area contributed by atoms with Crippen LogP contribution in [0.4, 0.5) is 5.82 Å². The SMILES string of the molecule is CN=C(NCc1ccc(N2CCOC(C)C2)nc1)NC1CC1C. The summed E-state index contributed by atoms with van der Waals surface area (Å²) in [7, 11) is 1.81. The van der Waals surface area contributed by atoms with E-state index in [1.807, 2.05) is 13.2 Å². The minimum absolute atomic E-state index is 0.270. The molecule has 0 amide bonds. The van der Waals surface area contributed by atoms with Gasteiger partial charge in [0.05, 0.1) is 12.7 Å². The molecular weight excluding hydrogens is 290 g/mol. The molecule has 0 radical (unpaired) electrons. The Labute approximate surface area is 138 Å². The van der Waals surface area contributed by atoms with Crippen molar-refractivity contribution in [1.29, 1.82) is 0 Å². The van der Waals surface area contributed by atoms with Crippen LogP contribution in [0.2, 0.25) is 0 Å². The van der Waals surface area contributed by atoms with Crippen LogP contribution in [-0.4, -0.2) is 49.8 Å². The number of hydrogen-bond acceptors (Lipinski definition) is 4. The highest BCUT2D eigenvalue weighted by atomic mass is 16.5. The Morgan fingerprint density at radius 1 is 1.43 bits per heavy atom. The van der Waals surface area contributed by atoms with Gasteiger partial charge < -0.3 is 20.3 Å². The highest BCUT2D eigenvalue weighted by Crippen LogP contribution is 2.28. The van der Waals surface area contributed by atoms with Crippen LogP contribution in [0, 0.1) is 5.92 Å². The summed E-state index contributed by atoms with van der Waals surface area (Å²) in [5.41, 5.74) is 1.15. The number of hydrogen-bond donors (Lipinski definition) is 2. The molecule has 2 fully saturated rings. The fourth-order valence-corrected chi connectivity index (χ4v) is 2.81. The van der Waals surface area contributed by atoms with Crippen molar-refractivity contribution in [3.8, 4) is 0 Å². The lowest BCUT2D eigenvalue weighted by atomic mass is 10.2. The maximum Gasteiger partial charge on any atom is 0.191 e. The number of guanidine groups is 1. The maximum atomic E-state index is 5.58. The lowest BCUT2D eigenvalue weighted by Gasteiger charge is -2.32. The van der Waals surface area contributed by atoms with E-state index in [1.54, 1.807) is 0 Å². The molecule has 6 nitrogen and oxygen atoms in total. The van der Waals surface area contributed by atoms with Crippen molar-refractivity contribution in [3.05, 3.63) is 23.9 Å². The monoisotopic (exact) mass is 317 g/mol. The summed E-state index contributed by atoms with van der Waals surface area (Å²) < 4.78 is 5.58. The van der Waals surface area contributed by atoms with Gasteiger partial charge in [-0.15, -0.1) is 0 Å². The van der Waals surface area contributed by atoms with Gasteiger partial charge >= 0.3 is 0 Å². The first-order valence-corrected chi connectivity index (χ1v) is 8.44. The lowest BCUT2D eigenvalue weighted by molar-refractivity contribution is 0.0529. The summed E-state index contributed by atoms with van der Waals surface area (Å²) in [5.74, 6) is 2.65. The molecule has 23 heavy (non-hydrogen) atoms. The number of morpholine rings is 1. The van der Waals surface area contributed by atoms with Gasteiger partial charge in [-0.2, -0.15) is 0 Å². The van der Waals surface area contributed by atoms with Crippen LogP contribution in [0.5, 0.6) is 0 Å². The molecule has 2 N–H and O–H groups in total. The number of nitrogens with one attached hydrogen (secondary N) is 2. The normalized spacial score (nSPS) is 27.7. The maximum absolute atomic E-state index is 5.58. The molecule has 1 aliphatic heterocycles. The van der Waals surface area contributed by atoms with E-state index >= 15 is 0 Å². The second kappa shape index (κ2) is 7.17. The Balaban J connectivity index is 1.50. The Hall–Kier alpha value is -1.82. The second-order valence-electron chi connectivity index (χ2n) is 6.54. The van der Waals surface area contributed by atoms with E-state index in [4.69, 9.17) is 4.74 Å². The number of anilines is 1. The highest BCUT2D eigenvalue weighted by molar-refractivity contribution is 5.80. The van der Waals surface area contributed by atoms with Crippen LogP contribution in [-0.2, 0) is 11.3 Å². The van der Waals surface area contributed by atoms with E-state index in [1.165, 1.54) is 6.42 Å². The summed E-state index contributed by atoms with van der Waals surface area (Å²) in [6.07, 6.45) is 3.44. The number of pyridine rings is 1. The number of aliphatic imine (C=N–C) groups is 1. The number of ether oxygens (including phenoxy) is 1. The van der Waals surface area contributed by atoms with Crippen LogP contribution in [0.3, 0.4) is 0 Å². The second-order valence-corrected chi connectivity index (χ2v) is 6.54. The molecule has 1 aromatic rings. The standard InChI is InChI=1S/C17H27N5O/c1-12-8-15(12)21-17(18-3)20-10-14-4-5-16(19-9-14)22-6-7-23-13(2)11-22/h4-5,9,12-13,15H,6-8,10-11H2,1-3H3,(H2,18,20,21). The van der Waals surface area contributed by atoms with E-state index in [-0.39, 0.29) is 6.10 Å². The van der Waals surface area contributed by atoms with Crippen LogP contribution < -0.4 is 15.5 Å². The fourth-order valence-electron chi connectivity index (χ4n) is 2.81. The van der Waals surface area contributed by atoms with Gasteiger partial charge in [0, 0.05) is 38.9 Å².